The van der Waals surface area contributed by atoms with Crippen LogP contribution in [0.1, 0.15) is 43.8 Å². The molecular weight excluding hydrogens is 186 g/mol. The minimum absolute atomic E-state index is 0.656. The smallest absolute Gasteiger partial charge is 0.0950 e. The lowest BCUT2D eigenvalue weighted by molar-refractivity contribution is 0.459. The standard InChI is InChI=1S/C12H19N3/c1-9(10-2-3-10)15-8-14-7-12(15)11-4-5-13-6-11/h7-11,13H,2-6H2,1H3. The van der Waals surface area contributed by atoms with Gasteiger partial charge in [0.1, 0.15) is 0 Å². The molecule has 1 aromatic heterocycles. The molecule has 0 radical (unpaired) electrons. The topological polar surface area (TPSA) is 29.9 Å². The van der Waals surface area contributed by atoms with E-state index in [0.29, 0.717) is 12.0 Å². The van der Waals surface area contributed by atoms with E-state index in [9.17, 15) is 0 Å². The van der Waals surface area contributed by atoms with Crippen molar-refractivity contribution in [2.75, 3.05) is 13.1 Å². The van der Waals surface area contributed by atoms with Crippen molar-refractivity contribution in [3.8, 4) is 0 Å². The van der Waals surface area contributed by atoms with Crippen molar-refractivity contribution in [2.45, 2.75) is 38.1 Å². The van der Waals surface area contributed by atoms with Crippen LogP contribution in [0.4, 0.5) is 0 Å². The van der Waals surface area contributed by atoms with Gasteiger partial charge in [-0.15, -0.1) is 0 Å². The molecule has 15 heavy (non-hydrogen) atoms. The van der Waals surface area contributed by atoms with Gasteiger partial charge < -0.3 is 9.88 Å². The number of aromatic nitrogens is 2. The predicted octanol–water partition coefficient (Wildman–Crippen LogP) is 1.93. The highest BCUT2D eigenvalue weighted by atomic mass is 15.1. The van der Waals surface area contributed by atoms with Gasteiger partial charge in [-0.25, -0.2) is 4.98 Å². The molecular formula is C12H19N3. The predicted molar refractivity (Wildman–Crippen MR) is 59.9 cm³/mol. The van der Waals surface area contributed by atoms with E-state index in [1.807, 2.05) is 6.33 Å². The molecule has 2 atom stereocenters. The Morgan fingerprint density at radius 1 is 1.47 bits per heavy atom. The Morgan fingerprint density at radius 2 is 2.33 bits per heavy atom. The van der Waals surface area contributed by atoms with Gasteiger partial charge in [-0.2, -0.15) is 0 Å². The number of imidazole rings is 1. The van der Waals surface area contributed by atoms with Crippen molar-refractivity contribution in [3.05, 3.63) is 18.2 Å². The SMILES string of the molecule is CC(C1CC1)n1cncc1C1CCNC1. The van der Waals surface area contributed by atoms with Crippen molar-refractivity contribution < 1.29 is 0 Å². The molecule has 2 unspecified atom stereocenters. The van der Waals surface area contributed by atoms with Gasteiger partial charge in [0.05, 0.1) is 6.33 Å². The van der Waals surface area contributed by atoms with E-state index in [2.05, 4.69) is 28.0 Å². The average molecular weight is 205 g/mol. The molecule has 3 nitrogen and oxygen atoms in total. The summed E-state index contributed by atoms with van der Waals surface area (Å²) in [5.41, 5.74) is 1.44. The first-order valence-corrected chi connectivity index (χ1v) is 6.08. The summed E-state index contributed by atoms with van der Waals surface area (Å²) in [6.45, 7) is 4.63. The molecule has 0 bridgehead atoms. The maximum absolute atomic E-state index is 4.33. The first-order valence-electron chi connectivity index (χ1n) is 6.08. The summed E-state index contributed by atoms with van der Waals surface area (Å²) in [6, 6.07) is 0.656. The molecule has 3 heteroatoms. The maximum Gasteiger partial charge on any atom is 0.0950 e. The van der Waals surface area contributed by atoms with Crippen LogP contribution >= 0.6 is 0 Å². The van der Waals surface area contributed by atoms with E-state index in [-0.39, 0.29) is 0 Å². The highest BCUT2D eigenvalue weighted by Crippen LogP contribution is 2.40. The third kappa shape index (κ3) is 1.69. The van der Waals surface area contributed by atoms with Gasteiger partial charge in [-0.1, -0.05) is 0 Å². The van der Waals surface area contributed by atoms with Crippen LogP contribution in [0, 0.1) is 5.92 Å². The number of nitrogens with one attached hydrogen (secondary N) is 1. The molecule has 82 valence electrons. The van der Waals surface area contributed by atoms with Crippen LogP contribution in [0.2, 0.25) is 0 Å². The molecule has 0 amide bonds. The molecule has 1 N–H and O–H groups in total. The number of nitrogens with zero attached hydrogens (tertiary/aromatic N) is 2. The van der Waals surface area contributed by atoms with E-state index in [1.165, 1.54) is 25.0 Å². The zero-order valence-electron chi connectivity index (χ0n) is 9.32. The Hall–Kier alpha value is -0.830. The van der Waals surface area contributed by atoms with E-state index in [0.717, 1.165) is 19.0 Å². The lowest BCUT2D eigenvalue weighted by atomic mass is 10.0. The molecule has 0 spiro atoms. The normalized spacial score (nSPS) is 28.2. The average Bonchev–Trinajstić information content (AvgIpc) is 2.80. The lowest BCUT2D eigenvalue weighted by Crippen LogP contribution is -2.14. The summed E-state index contributed by atoms with van der Waals surface area (Å²) in [4.78, 5) is 4.33. The van der Waals surface area contributed by atoms with Gasteiger partial charge in [0.25, 0.3) is 0 Å². The van der Waals surface area contributed by atoms with Crippen LogP contribution in [0.5, 0.6) is 0 Å². The van der Waals surface area contributed by atoms with Crippen molar-refractivity contribution in [1.29, 1.82) is 0 Å². The maximum atomic E-state index is 4.33. The minimum Gasteiger partial charge on any atom is -0.331 e. The fourth-order valence-electron chi connectivity index (χ4n) is 2.68. The van der Waals surface area contributed by atoms with E-state index in [4.69, 9.17) is 0 Å². The van der Waals surface area contributed by atoms with Crippen LogP contribution in [0.25, 0.3) is 0 Å². The molecule has 2 fully saturated rings. The fourth-order valence-corrected chi connectivity index (χ4v) is 2.68. The summed E-state index contributed by atoms with van der Waals surface area (Å²) in [7, 11) is 0. The molecule has 1 aliphatic carbocycles. The van der Waals surface area contributed by atoms with Gasteiger partial charge in [0.15, 0.2) is 0 Å². The lowest BCUT2D eigenvalue weighted by Gasteiger charge is -2.18. The second-order valence-corrected chi connectivity index (χ2v) is 4.99. The fraction of sp³-hybridized carbons (Fsp3) is 0.750. The Kier molecular flexibility index (Phi) is 2.28. The number of rotatable bonds is 3. The highest BCUT2D eigenvalue weighted by molar-refractivity contribution is 5.11. The zero-order chi connectivity index (χ0) is 10.3. The Labute approximate surface area is 90.9 Å². The highest BCUT2D eigenvalue weighted by Gasteiger charge is 2.31. The van der Waals surface area contributed by atoms with Gasteiger partial charge >= 0.3 is 0 Å². The van der Waals surface area contributed by atoms with E-state index < -0.39 is 0 Å². The molecule has 2 heterocycles. The quantitative estimate of drug-likeness (QED) is 0.817. The summed E-state index contributed by atoms with van der Waals surface area (Å²) in [6.07, 6.45) is 8.17. The van der Waals surface area contributed by atoms with Gasteiger partial charge in [-0.3, -0.25) is 0 Å². The van der Waals surface area contributed by atoms with Crippen LogP contribution in [0.3, 0.4) is 0 Å². The Bertz CT molecular complexity index is 318. The molecule has 1 saturated carbocycles. The van der Waals surface area contributed by atoms with Crippen LogP contribution in [-0.4, -0.2) is 22.6 Å². The monoisotopic (exact) mass is 205 g/mol. The molecule has 2 aliphatic rings. The molecule has 1 aromatic rings. The third-order valence-corrected chi connectivity index (χ3v) is 3.92. The third-order valence-electron chi connectivity index (χ3n) is 3.92. The second-order valence-electron chi connectivity index (χ2n) is 4.99. The molecule has 1 aliphatic heterocycles. The summed E-state index contributed by atoms with van der Waals surface area (Å²) >= 11 is 0. The molecule has 3 rings (SSSR count). The van der Waals surface area contributed by atoms with E-state index in [1.54, 1.807) is 0 Å². The molecule has 0 aromatic carbocycles. The van der Waals surface area contributed by atoms with Crippen LogP contribution in [0.15, 0.2) is 12.5 Å². The summed E-state index contributed by atoms with van der Waals surface area (Å²) in [5, 5.41) is 3.43. The first kappa shape index (κ1) is 9.40. The minimum atomic E-state index is 0.656. The second kappa shape index (κ2) is 3.63. The zero-order valence-corrected chi connectivity index (χ0v) is 9.32. The first-order chi connectivity index (χ1) is 7.36. The van der Waals surface area contributed by atoms with Gasteiger partial charge in [0, 0.05) is 30.4 Å². The van der Waals surface area contributed by atoms with Crippen molar-refractivity contribution in [3.63, 3.8) is 0 Å². The largest absolute Gasteiger partial charge is 0.331 e. The van der Waals surface area contributed by atoms with Crippen molar-refractivity contribution in [2.24, 2.45) is 5.92 Å². The van der Waals surface area contributed by atoms with Gasteiger partial charge in [-0.05, 0) is 38.6 Å². The summed E-state index contributed by atoms with van der Waals surface area (Å²) in [5.74, 6) is 1.60. The van der Waals surface area contributed by atoms with Crippen molar-refractivity contribution >= 4 is 0 Å². The van der Waals surface area contributed by atoms with Crippen LogP contribution in [-0.2, 0) is 0 Å². The van der Waals surface area contributed by atoms with Crippen molar-refractivity contribution in [1.82, 2.24) is 14.9 Å². The number of hydrogen-bond acceptors (Lipinski definition) is 2. The van der Waals surface area contributed by atoms with Gasteiger partial charge in [0.2, 0.25) is 0 Å². The number of hydrogen-bond donors (Lipinski definition) is 1. The molecule has 1 saturated heterocycles. The van der Waals surface area contributed by atoms with E-state index >= 15 is 0 Å². The summed E-state index contributed by atoms with van der Waals surface area (Å²) < 4.78 is 2.41. The Morgan fingerprint density at radius 3 is 3.00 bits per heavy atom. The Balaban J connectivity index is 1.84. The van der Waals surface area contributed by atoms with Crippen LogP contribution < -0.4 is 5.32 Å².